The fourth-order valence-electron chi connectivity index (χ4n) is 2.06. The predicted molar refractivity (Wildman–Crippen MR) is 63.5 cm³/mol. The van der Waals surface area contributed by atoms with Gasteiger partial charge in [0.25, 0.3) is 0 Å². The molecule has 1 rings (SSSR count). The van der Waals surface area contributed by atoms with E-state index in [4.69, 9.17) is 4.74 Å². The Morgan fingerprint density at radius 2 is 1.68 bits per heavy atom. The molecule has 1 aliphatic heterocycles. The first-order valence-corrected chi connectivity index (χ1v) is 6.01. The molecule has 0 aromatic heterocycles. The smallest absolute Gasteiger partial charge is 0.456 e. The van der Waals surface area contributed by atoms with Gasteiger partial charge in [-0.2, -0.15) is 13.2 Å². The van der Waals surface area contributed by atoms with Gasteiger partial charge in [-0.3, -0.25) is 0 Å². The summed E-state index contributed by atoms with van der Waals surface area (Å²) in [4.78, 5) is 10.8. The SMILES string of the molecule is C=CC[C@@H]1CC(OC(=O)C(F)(F)F)C[C@H](CC=C)O1. The van der Waals surface area contributed by atoms with Gasteiger partial charge in [0.05, 0.1) is 12.2 Å². The highest BCUT2D eigenvalue weighted by Gasteiger charge is 2.43. The van der Waals surface area contributed by atoms with Crippen molar-refractivity contribution >= 4 is 5.97 Å². The molecule has 6 heteroatoms. The molecule has 3 nitrogen and oxygen atoms in total. The van der Waals surface area contributed by atoms with Gasteiger partial charge in [0, 0.05) is 12.8 Å². The Labute approximate surface area is 110 Å². The van der Waals surface area contributed by atoms with Crippen LogP contribution in [0.15, 0.2) is 25.3 Å². The normalized spacial score (nSPS) is 27.6. The highest BCUT2D eigenvalue weighted by molar-refractivity contribution is 5.75. The van der Waals surface area contributed by atoms with Gasteiger partial charge in [0.1, 0.15) is 6.10 Å². The van der Waals surface area contributed by atoms with Crippen LogP contribution in [0.1, 0.15) is 25.7 Å². The summed E-state index contributed by atoms with van der Waals surface area (Å²) in [5.41, 5.74) is 0. The van der Waals surface area contributed by atoms with Crippen LogP contribution in [0.3, 0.4) is 0 Å². The van der Waals surface area contributed by atoms with Crippen LogP contribution in [0.25, 0.3) is 0 Å². The molecule has 0 spiro atoms. The molecule has 3 atom stereocenters. The third-order valence-corrected chi connectivity index (χ3v) is 2.80. The maximum absolute atomic E-state index is 12.2. The second-order valence-corrected chi connectivity index (χ2v) is 4.43. The summed E-state index contributed by atoms with van der Waals surface area (Å²) in [6.45, 7) is 7.13. The lowest BCUT2D eigenvalue weighted by Gasteiger charge is -2.34. The van der Waals surface area contributed by atoms with E-state index in [2.05, 4.69) is 17.9 Å². The highest BCUT2D eigenvalue weighted by atomic mass is 19.4. The van der Waals surface area contributed by atoms with E-state index in [1.54, 1.807) is 12.2 Å². The average Bonchev–Trinajstić information content (AvgIpc) is 2.28. The quantitative estimate of drug-likeness (QED) is 0.572. The molecular weight excluding hydrogens is 261 g/mol. The van der Waals surface area contributed by atoms with Crippen LogP contribution in [0, 0.1) is 0 Å². The van der Waals surface area contributed by atoms with Crippen LogP contribution in [0.2, 0.25) is 0 Å². The lowest BCUT2D eigenvalue weighted by molar-refractivity contribution is -0.211. The molecule has 1 aliphatic rings. The van der Waals surface area contributed by atoms with Gasteiger partial charge in [-0.25, -0.2) is 4.79 Å². The predicted octanol–water partition coefficient (Wildman–Crippen LogP) is 3.16. The summed E-state index contributed by atoms with van der Waals surface area (Å²) in [7, 11) is 0. The van der Waals surface area contributed by atoms with E-state index in [-0.39, 0.29) is 25.0 Å². The van der Waals surface area contributed by atoms with Crippen LogP contribution in [-0.2, 0) is 14.3 Å². The van der Waals surface area contributed by atoms with E-state index in [0.717, 1.165) is 0 Å². The number of halogens is 3. The Bertz CT molecular complexity index is 321. The molecule has 1 unspecified atom stereocenters. The summed E-state index contributed by atoms with van der Waals surface area (Å²) in [5, 5.41) is 0. The van der Waals surface area contributed by atoms with Crippen molar-refractivity contribution in [2.24, 2.45) is 0 Å². The minimum absolute atomic E-state index is 0.251. The molecule has 19 heavy (non-hydrogen) atoms. The van der Waals surface area contributed by atoms with Gasteiger partial charge >= 0.3 is 12.1 Å². The van der Waals surface area contributed by atoms with Crippen LogP contribution in [-0.4, -0.2) is 30.5 Å². The molecule has 0 saturated carbocycles. The lowest BCUT2D eigenvalue weighted by atomic mass is 9.97. The fourth-order valence-corrected chi connectivity index (χ4v) is 2.06. The highest BCUT2D eigenvalue weighted by Crippen LogP contribution is 2.28. The van der Waals surface area contributed by atoms with E-state index in [1.165, 1.54) is 0 Å². The maximum Gasteiger partial charge on any atom is 0.490 e. The number of carbonyl (C=O) groups is 1. The molecule has 108 valence electrons. The Hall–Kier alpha value is -1.30. The van der Waals surface area contributed by atoms with E-state index >= 15 is 0 Å². The molecule has 1 saturated heterocycles. The van der Waals surface area contributed by atoms with Crippen molar-refractivity contribution in [2.45, 2.75) is 50.2 Å². The third-order valence-electron chi connectivity index (χ3n) is 2.80. The van der Waals surface area contributed by atoms with Gasteiger partial charge < -0.3 is 9.47 Å². The molecule has 0 aromatic carbocycles. The molecule has 0 aliphatic carbocycles. The molecule has 0 aromatic rings. The fraction of sp³-hybridized carbons (Fsp3) is 0.615. The maximum atomic E-state index is 12.2. The Kier molecular flexibility index (Phi) is 5.60. The number of esters is 1. The Balaban J connectivity index is 2.62. The van der Waals surface area contributed by atoms with Crippen LogP contribution in [0.5, 0.6) is 0 Å². The van der Waals surface area contributed by atoms with Crippen molar-refractivity contribution in [1.29, 1.82) is 0 Å². The standard InChI is InChI=1S/C13H17F3O3/c1-3-5-9-7-11(8-10(18-9)6-4-2)19-12(17)13(14,15)16/h3-4,9-11H,1-2,5-8H2/t9-,10+,11?. The van der Waals surface area contributed by atoms with E-state index in [1.807, 2.05) is 0 Å². The average molecular weight is 278 g/mol. The van der Waals surface area contributed by atoms with Crippen molar-refractivity contribution in [3.8, 4) is 0 Å². The molecule has 0 amide bonds. The van der Waals surface area contributed by atoms with Gasteiger partial charge in [-0.15, -0.1) is 13.2 Å². The van der Waals surface area contributed by atoms with Gasteiger partial charge in [0.2, 0.25) is 0 Å². The van der Waals surface area contributed by atoms with Gasteiger partial charge in [0.15, 0.2) is 0 Å². The zero-order valence-corrected chi connectivity index (χ0v) is 10.5. The minimum atomic E-state index is -4.96. The largest absolute Gasteiger partial charge is 0.490 e. The number of rotatable bonds is 5. The molecule has 0 bridgehead atoms. The number of alkyl halides is 3. The van der Waals surface area contributed by atoms with E-state index in [0.29, 0.717) is 12.8 Å². The zero-order valence-electron chi connectivity index (χ0n) is 10.5. The first-order chi connectivity index (χ1) is 8.86. The van der Waals surface area contributed by atoms with Crippen molar-refractivity contribution in [1.82, 2.24) is 0 Å². The molecule has 1 heterocycles. The molecular formula is C13H17F3O3. The van der Waals surface area contributed by atoms with Crippen molar-refractivity contribution in [2.75, 3.05) is 0 Å². The first kappa shape index (κ1) is 15.8. The Morgan fingerprint density at radius 1 is 1.21 bits per heavy atom. The van der Waals surface area contributed by atoms with Crippen molar-refractivity contribution in [3.05, 3.63) is 25.3 Å². The molecule has 0 radical (unpaired) electrons. The zero-order chi connectivity index (χ0) is 14.5. The number of ether oxygens (including phenoxy) is 2. The Morgan fingerprint density at radius 3 is 2.05 bits per heavy atom. The van der Waals surface area contributed by atoms with Crippen molar-refractivity contribution in [3.63, 3.8) is 0 Å². The van der Waals surface area contributed by atoms with E-state index in [9.17, 15) is 18.0 Å². The molecule has 1 fully saturated rings. The van der Waals surface area contributed by atoms with Crippen LogP contribution < -0.4 is 0 Å². The number of hydrogen-bond acceptors (Lipinski definition) is 3. The second kappa shape index (κ2) is 6.75. The monoisotopic (exact) mass is 278 g/mol. The summed E-state index contributed by atoms with van der Waals surface area (Å²) in [6.07, 6.45) is -1.51. The summed E-state index contributed by atoms with van der Waals surface area (Å²) in [6, 6.07) is 0. The minimum Gasteiger partial charge on any atom is -0.456 e. The van der Waals surface area contributed by atoms with Crippen LogP contribution in [0.4, 0.5) is 13.2 Å². The summed E-state index contributed by atoms with van der Waals surface area (Å²) in [5.74, 6) is -2.14. The summed E-state index contributed by atoms with van der Waals surface area (Å²) >= 11 is 0. The number of carbonyl (C=O) groups excluding carboxylic acids is 1. The first-order valence-electron chi connectivity index (χ1n) is 6.01. The topological polar surface area (TPSA) is 35.5 Å². The van der Waals surface area contributed by atoms with Gasteiger partial charge in [-0.05, 0) is 12.8 Å². The second-order valence-electron chi connectivity index (χ2n) is 4.43. The third kappa shape index (κ3) is 5.06. The lowest BCUT2D eigenvalue weighted by Crippen LogP contribution is -2.40. The molecule has 0 N–H and O–H groups in total. The van der Waals surface area contributed by atoms with E-state index < -0.39 is 18.2 Å². The number of hydrogen-bond donors (Lipinski definition) is 0. The van der Waals surface area contributed by atoms with Crippen LogP contribution >= 0.6 is 0 Å². The van der Waals surface area contributed by atoms with Gasteiger partial charge in [-0.1, -0.05) is 12.2 Å². The summed E-state index contributed by atoms with van der Waals surface area (Å²) < 4.78 is 46.6. The van der Waals surface area contributed by atoms with Crippen molar-refractivity contribution < 1.29 is 27.4 Å².